The first-order chi connectivity index (χ1) is 9.08. The van der Waals surface area contributed by atoms with E-state index in [1.54, 1.807) is 4.90 Å². The summed E-state index contributed by atoms with van der Waals surface area (Å²) >= 11 is 3.44. The molecule has 0 aromatic heterocycles. The van der Waals surface area contributed by atoms with E-state index in [-0.39, 0.29) is 5.91 Å². The highest BCUT2D eigenvalue weighted by molar-refractivity contribution is 9.10. The third-order valence-electron chi connectivity index (χ3n) is 3.01. The summed E-state index contributed by atoms with van der Waals surface area (Å²) in [5, 5.41) is 0. The lowest BCUT2D eigenvalue weighted by Gasteiger charge is -2.17. The van der Waals surface area contributed by atoms with Crippen molar-refractivity contribution >= 4 is 21.8 Å². The van der Waals surface area contributed by atoms with Crippen LogP contribution in [-0.4, -0.2) is 17.9 Å². The first-order valence-electron chi connectivity index (χ1n) is 6.13. The van der Waals surface area contributed by atoms with Crippen LogP contribution in [0.15, 0.2) is 53.0 Å². The monoisotopic (exact) mass is 317 g/mol. The molecule has 0 bridgehead atoms. The molecule has 0 fully saturated rings. The molecular formula is C16H16BrNO. The Bertz CT molecular complexity index is 581. The second-order valence-corrected chi connectivity index (χ2v) is 5.47. The molecule has 1 amide bonds. The quantitative estimate of drug-likeness (QED) is 0.837. The van der Waals surface area contributed by atoms with Gasteiger partial charge < -0.3 is 4.90 Å². The molecule has 0 N–H and O–H groups in total. The van der Waals surface area contributed by atoms with Gasteiger partial charge in [-0.05, 0) is 36.2 Å². The van der Waals surface area contributed by atoms with E-state index in [9.17, 15) is 4.79 Å². The molecule has 2 aromatic rings. The largest absolute Gasteiger partial charge is 0.337 e. The fourth-order valence-electron chi connectivity index (χ4n) is 1.93. The number of nitrogens with zero attached hydrogens (tertiary/aromatic N) is 1. The zero-order valence-electron chi connectivity index (χ0n) is 11.1. The van der Waals surface area contributed by atoms with Gasteiger partial charge in [-0.25, -0.2) is 0 Å². The van der Waals surface area contributed by atoms with Gasteiger partial charge in [0.25, 0.3) is 5.91 Å². The number of hydrogen-bond donors (Lipinski definition) is 0. The van der Waals surface area contributed by atoms with Crippen LogP contribution < -0.4 is 0 Å². The van der Waals surface area contributed by atoms with Crippen LogP contribution in [0.25, 0.3) is 0 Å². The number of amides is 1. The van der Waals surface area contributed by atoms with E-state index >= 15 is 0 Å². The minimum atomic E-state index is 0.0412. The summed E-state index contributed by atoms with van der Waals surface area (Å²) in [4.78, 5) is 14.1. The second kappa shape index (κ2) is 6.02. The van der Waals surface area contributed by atoms with Crippen LogP contribution in [0, 0.1) is 6.92 Å². The van der Waals surface area contributed by atoms with Crippen LogP contribution in [0.1, 0.15) is 21.5 Å². The predicted octanol–water partition coefficient (Wildman–Crippen LogP) is 4.03. The van der Waals surface area contributed by atoms with E-state index in [0.717, 1.165) is 21.2 Å². The molecule has 98 valence electrons. The van der Waals surface area contributed by atoms with Crippen LogP contribution >= 0.6 is 15.9 Å². The highest BCUT2D eigenvalue weighted by Crippen LogP contribution is 2.18. The van der Waals surface area contributed by atoms with Gasteiger partial charge in [0.1, 0.15) is 0 Å². The lowest BCUT2D eigenvalue weighted by atomic mass is 10.1. The Morgan fingerprint density at radius 3 is 2.47 bits per heavy atom. The summed E-state index contributed by atoms with van der Waals surface area (Å²) in [5.74, 6) is 0.0412. The smallest absolute Gasteiger partial charge is 0.253 e. The summed E-state index contributed by atoms with van der Waals surface area (Å²) in [6.07, 6.45) is 0. The van der Waals surface area contributed by atoms with Crippen molar-refractivity contribution in [2.75, 3.05) is 7.05 Å². The summed E-state index contributed by atoms with van der Waals surface area (Å²) in [6, 6.07) is 15.7. The molecule has 0 unspecified atom stereocenters. The lowest BCUT2D eigenvalue weighted by molar-refractivity contribution is 0.0785. The molecule has 19 heavy (non-hydrogen) atoms. The Hall–Kier alpha value is -1.61. The molecule has 0 atom stereocenters. The van der Waals surface area contributed by atoms with Crippen molar-refractivity contribution in [2.45, 2.75) is 13.5 Å². The first kappa shape index (κ1) is 13.8. The van der Waals surface area contributed by atoms with Gasteiger partial charge in [-0.3, -0.25) is 4.79 Å². The molecule has 2 aromatic carbocycles. The Morgan fingerprint density at radius 2 is 1.84 bits per heavy atom. The second-order valence-electron chi connectivity index (χ2n) is 4.61. The van der Waals surface area contributed by atoms with Gasteiger partial charge in [-0.15, -0.1) is 0 Å². The maximum atomic E-state index is 12.3. The van der Waals surface area contributed by atoms with Gasteiger partial charge in [-0.1, -0.05) is 46.3 Å². The summed E-state index contributed by atoms with van der Waals surface area (Å²) < 4.78 is 1.02. The average molecular weight is 318 g/mol. The zero-order chi connectivity index (χ0) is 13.8. The third kappa shape index (κ3) is 3.44. The maximum Gasteiger partial charge on any atom is 0.253 e. The van der Waals surface area contributed by atoms with Crippen LogP contribution in [0.4, 0.5) is 0 Å². The first-order valence-corrected chi connectivity index (χ1v) is 6.93. The minimum absolute atomic E-state index is 0.0412. The molecular weight excluding hydrogens is 302 g/mol. The van der Waals surface area contributed by atoms with Crippen LogP contribution in [0.3, 0.4) is 0 Å². The van der Waals surface area contributed by atoms with Crippen LogP contribution in [-0.2, 0) is 6.54 Å². The van der Waals surface area contributed by atoms with E-state index in [1.807, 2.05) is 62.5 Å². The lowest BCUT2D eigenvalue weighted by Crippen LogP contribution is -2.26. The number of carbonyl (C=O) groups excluding carboxylic acids is 1. The fourth-order valence-corrected chi connectivity index (χ4v) is 2.17. The van der Waals surface area contributed by atoms with Gasteiger partial charge in [0.05, 0.1) is 0 Å². The van der Waals surface area contributed by atoms with Gasteiger partial charge in [0, 0.05) is 23.6 Å². The summed E-state index contributed by atoms with van der Waals surface area (Å²) in [6.45, 7) is 2.60. The minimum Gasteiger partial charge on any atom is -0.337 e. The third-order valence-corrected chi connectivity index (χ3v) is 3.90. The SMILES string of the molecule is Cc1cc(C(=O)N(C)Cc2ccccc2)ccc1Br. The maximum absolute atomic E-state index is 12.3. The Kier molecular flexibility index (Phi) is 4.38. The zero-order valence-corrected chi connectivity index (χ0v) is 12.6. The van der Waals surface area contributed by atoms with E-state index in [1.165, 1.54) is 0 Å². The molecule has 0 aliphatic heterocycles. The molecule has 3 heteroatoms. The summed E-state index contributed by atoms with van der Waals surface area (Å²) in [7, 11) is 1.83. The number of rotatable bonds is 3. The van der Waals surface area contributed by atoms with Crippen molar-refractivity contribution in [3.63, 3.8) is 0 Å². The van der Waals surface area contributed by atoms with Gasteiger partial charge in [0.15, 0.2) is 0 Å². The Balaban J connectivity index is 2.12. The van der Waals surface area contributed by atoms with Crippen molar-refractivity contribution in [3.05, 3.63) is 69.7 Å². The van der Waals surface area contributed by atoms with Crippen molar-refractivity contribution in [1.29, 1.82) is 0 Å². The highest BCUT2D eigenvalue weighted by atomic mass is 79.9. The number of halogens is 1. The van der Waals surface area contributed by atoms with E-state index in [4.69, 9.17) is 0 Å². The van der Waals surface area contributed by atoms with Crippen molar-refractivity contribution in [1.82, 2.24) is 4.90 Å². The molecule has 0 saturated carbocycles. The van der Waals surface area contributed by atoms with Gasteiger partial charge >= 0.3 is 0 Å². The normalized spacial score (nSPS) is 10.3. The number of aryl methyl sites for hydroxylation is 1. The molecule has 2 nitrogen and oxygen atoms in total. The van der Waals surface area contributed by atoms with Crippen molar-refractivity contribution in [3.8, 4) is 0 Å². The van der Waals surface area contributed by atoms with Crippen molar-refractivity contribution in [2.24, 2.45) is 0 Å². The van der Waals surface area contributed by atoms with Crippen molar-refractivity contribution < 1.29 is 4.79 Å². The highest BCUT2D eigenvalue weighted by Gasteiger charge is 2.12. The van der Waals surface area contributed by atoms with Crippen LogP contribution in [0.5, 0.6) is 0 Å². The molecule has 0 heterocycles. The topological polar surface area (TPSA) is 20.3 Å². The molecule has 2 rings (SSSR count). The molecule has 0 radical (unpaired) electrons. The van der Waals surface area contributed by atoms with E-state index in [2.05, 4.69) is 15.9 Å². The molecule has 0 aliphatic carbocycles. The summed E-state index contributed by atoms with van der Waals surface area (Å²) in [5.41, 5.74) is 2.92. The molecule has 0 saturated heterocycles. The predicted molar refractivity (Wildman–Crippen MR) is 81.1 cm³/mol. The van der Waals surface area contributed by atoms with Gasteiger partial charge in [0.2, 0.25) is 0 Å². The number of hydrogen-bond acceptors (Lipinski definition) is 1. The number of carbonyl (C=O) groups is 1. The molecule has 0 aliphatic rings. The standard InChI is InChI=1S/C16H16BrNO/c1-12-10-14(8-9-15(12)17)16(19)18(2)11-13-6-4-3-5-7-13/h3-10H,11H2,1-2H3. The Morgan fingerprint density at radius 1 is 1.16 bits per heavy atom. The van der Waals surface area contributed by atoms with E-state index in [0.29, 0.717) is 6.54 Å². The van der Waals surface area contributed by atoms with Crippen LogP contribution in [0.2, 0.25) is 0 Å². The Labute approximate surface area is 122 Å². The fraction of sp³-hybridized carbons (Fsp3) is 0.188. The average Bonchev–Trinajstić information content (AvgIpc) is 2.42. The van der Waals surface area contributed by atoms with E-state index < -0.39 is 0 Å². The molecule has 0 spiro atoms. The van der Waals surface area contributed by atoms with Gasteiger partial charge in [-0.2, -0.15) is 0 Å². The number of benzene rings is 2.